The maximum Gasteiger partial charge on any atom is 0.244 e. The summed E-state index contributed by atoms with van der Waals surface area (Å²) in [5.74, 6) is 0.119. The molecule has 1 aromatic rings. The number of amides is 1. The lowest BCUT2D eigenvalue weighted by Crippen LogP contribution is -2.54. The highest BCUT2D eigenvalue weighted by Gasteiger charge is 2.35. The molecule has 1 amide bonds. The van der Waals surface area contributed by atoms with Gasteiger partial charge in [0.05, 0.1) is 0 Å². The Morgan fingerprint density at radius 2 is 2.16 bits per heavy atom. The van der Waals surface area contributed by atoms with Gasteiger partial charge in [-0.05, 0) is 17.9 Å². The van der Waals surface area contributed by atoms with Crippen molar-refractivity contribution in [3.63, 3.8) is 0 Å². The molecule has 1 aliphatic heterocycles. The minimum Gasteiger partial charge on any atom is -0.340 e. The zero-order valence-corrected chi connectivity index (χ0v) is 12.9. The molecule has 0 spiro atoms. The molecular weight excluding hydrogens is 287 g/mol. The largest absolute Gasteiger partial charge is 0.340 e. The molecule has 1 aromatic heterocycles. The van der Waals surface area contributed by atoms with Crippen molar-refractivity contribution >= 4 is 30.7 Å². The SMILES string of the molecule is CC1(C)CN(C(=O)Cn2cccn2)CCC1N.Cl.Cl. The Morgan fingerprint density at radius 1 is 1.47 bits per heavy atom. The summed E-state index contributed by atoms with van der Waals surface area (Å²) in [6, 6.07) is 2.00. The Morgan fingerprint density at radius 3 is 2.68 bits per heavy atom. The first kappa shape index (κ1) is 18.2. The quantitative estimate of drug-likeness (QED) is 0.896. The molecule has 19 heavy (non-hydrogen) atoms. The molecule has 0 aliphatic carbocycles. The number of rotatable bonds is 2. The Labute approximate surface area is 126 Å². The third-order valence-corrected chi connectivity index (χ3v) is 3.52. The zero-order valence-electron chi connectivity index (χ0n) is 11.3. The Hall–Kier alpha value is -0.780. The van der Waals surface area contributed by atoms with E-state index in [4.69, 9.17) is 5.73 Å². The van der Waals surface area contributed by atoms with Gasteiger partial charge < -0.3 is 10.6 Å². The van der Waals surface area contributed by atoms with Crippen LogP contribution in [0.4, 0.5) is 0 Å². The van der Waals surface area contributed by atoms with Crippen LogP contribution in [0.3, 0.4) is 0 Å². The molecule has 0 radical (unpaired) electrons. The number of likely N-dealkylation sites (tertiary alicyclic amines) is 1. The predicted octanol–water partition coefficient (Wildman–Crippen LogP) is 1.31. The summed E-state index contributed by atoms with van der Waals surface area (Å²) in [5, 5.41) is 4.05. The maximum atomic E-state index is 12.1. The van der Waals surface area contributed by atoms with Gasteiger partial charge in [-0.2, -0.15) is 5.10 Å². The van der Waals surface area contributed by atoms with Gasteiger partial charge in [0.15, 0.2) is 0 Å². The van der Waals surface area contributed by atoms with Crippen LogP contribution in [0, 0.1) is 5.41 Å². The lowest BCUT2D eigenvalue weighted by atomic mass is 9.80. The summed E-state index contributed by atoms with van der Waals surface area (Å²) in [6.07, 6.45) is 4.36. The summed E-state index contributed by atoms with van der Waals surface area (Å²) in [4.78, 5) is 14.0. The van der Waals surface area contributed by atoms with Crippen LogP contribution in [-0.4, -0.2) is 39.7 Å². The average molecular weight is 309 g/mol. The Balaban J connectivity index is 0.00000162. The van der Waals surface area contributed by atoms with Crippen LogP contribution in [-0.2, 0) is 11.3 Å². The first-order valence-corrected chi connectivity index (χ1v) is 6.00. The van der Waals surface area contributed by atoms with Crippen molar-refractivity contribution in [2.45, 2.75) is 32.9 Å². The molecule has 2 rings (SSSR count). The van der Waals surface area contributed by atoms with Gasteiger partial charge in [-0.3, -0.25) is 9.48 Å². The molecule has 2 N–H and O–H groups in total. The van der Waals surface area contributed by atoms with E-state index in [1.54, 1.807) is 17.1 Å². The number of halogens is 2. The fraction of sp³-hybridized carbons (Fsp3) is 0.667. The molecule has 1 atom stereocenters. The van der Waals surface area contributed by atoms with Crippen LogP contribution in [0.25, 0.3) is 0 Å². The molecule has 2 heterocycles. The van der Waals surface area contributed by atoms with Gasteiger partial charge in [0, 0.05) is 31.5 Å². The summed E-state index contributed by atoms with van der Waals surface area (Å²) in [7, 11) is 0. The van der Waals surface area contributed by atoms with Crippen LogP contribution in [0.15, 0.2) is 18.5 Å². The van der Waals surface area contributed by atoms with Crippen LogP contribution in [0.1, 0.15) is 20.3 Å². The number of nitrogens with zero attached hydrogens (tertiary/aromatic N) is 3. The number of hydrogen-bond donors (Lipinski definition) is 1. The van der Waals surface area contributed by atoms with Crippen molar-refractivity contribution in [2.75, 3.05) is 13.1 Å². The molecule has 110 valence electrons. The number of piperidine rings is 1. The predicted molar refractivity (Wildman–Crippen MR) is 79.7 cm³/mol. The van der Waals surface area contributed by atoms with Crippen molar-refractivity contribution in [3.8, 4) is 0 Å². The number of carbonyl (C=O) groups excluding carboxylic acids is 1. The first-order valence-electron chi connectivity index (χ1n) is 6.00. The Bertz CT molecular complexity index is 394. The summed E-state index contributed by atoms with van der Waals surface area (Å²) >= 11 is 0. The Kier molecular flexibility index (Phi) is 6.83. The molecule has 1 aliphatic rings. The summed E-state index contributed by atoms with van der Waals surface area (Å²) in [5.41, 5.74) is 6.05. The molecule has 1 unspecified atom stereocenters. The van der Waals surface area contributed by atoms with E-state index >= 15 is 0 Å². The standard InChI is InChI=1S/C12H20N4O.2ClH/c1-12(2)9-15(7-4-10(12)13)11(17)8-16-6-3-5-14-16;;/h3,5-6,10H,4,7-9,13H2,1-2H3;2*1H. The second-order valence-corrected chi connectivity index (χ2v) is 5.40. The van der Waals surface area contributed by atoms with Gasteiger partial charge in [0.1, 0.15) is 6.54 Å². The van der Waals surface area contributed by atoms with E-state index < -0.39 is 0 Å². The molecule has 0 bridgehead atoms. The molecule has 5 nitrogen and oxygen atoms in total. The lowest BCUT2D eigenvalue weighted by molar-refractivity contribution is -0.135. The van der Waals surface area contributed by atoms with Crippen molar-refractivity contribution < 1.29 is 4.79 Å². The molecule has 1 fully saturated rings. The normalized spacial score (nSPS) is 21.2. The maximum absolute atomic E-state index is 12.1. The lowest BCUT2D eigenvalue weighted by Gasteiger charge is -2.42. The van der Waals surface area contributed by atoms with Gasteiger partial charge in [-0.15, -0.1) is 24.8 Å². The highest BCUT2D eigenvalue weighted by Crippen LogP contribution is 2.27. The van der Waals surface area contributed by atoms with Crippen LogP contribution < -0.4 is 5.73 Å². The molecule has 0 saturated carbocycles. The van der Waals surface area contributed by atoms with E-state index in [0.717, 1.165) is 19.5 Å². The number of nitrogens with two attached hydrogens (primary N) is 1. The van der Waals surface area contributed by atoms with Gasteiger partial charge in [0.2, 0.25) is 5.91 Å². The monoisotopic (exact) mass is 308 g/mol. The highest BCUT2D eigenvalue weighted by molar-refractivity contribution is 5.85. The second kappa shape index (κ2) is 7.12. The summed E-state index contributed by atoms with van der Waals surface area (Å²) < 4.78 is 1.66. The third-order valence-electron chi connectivity index (χ3n) is 3.52. The third kappa shape index (κ3) is 4.37. The van der Waals surface area contributed by atoms with Crippen LogP contribution >= 0.6 is 24.8 Å². The van der Waals surface area contributed by atoms with E-state index in [2.05, 4.69) is 18.9 Å². The van der Waals surface area contributed by atoms with Gasteiger partial charge in [-0.1, -0.05) is 13.8 Å². The van der Waals surface area contributed by atoms with Gasteiger partial charge in [-0.25, -0.2) is 0 Å². The van der Waals surface area contributed by atoms with E-state index in [1.165, 1.54) is 0 Å². The topological polar surface area (TPSA) is 64.2 Å². The number of hydrogen-bond acceptors (Lipinski definition) is 3. The van der Waals surface area contributed by atoms with Gasteiger partial charge in [0.25, 0.3) is 0 Å². The average Bonchev–Trinajstić information content (AvgIpc) is 2.74. The van der Waals surface area contributed by atoms with Crippen molar-refractivity contribution in [3.05, 3.63) is 18.5 Å². The number of aromatic nitrogens is 2. The van der Waals surface area contributed by atoms with Crippen molar-refractivity contribution in [2.24, 2.45) is 11.1 Å². The first-order chi connectivity index (χ1) is 7.99. The van der Waals surface area contributed by atoms with E-state index in [9.17, 15) is 4.79 Å². The fourth-order valence-electron chi connectivity index (χ4n) is 2.22. The molecular formula is C12H22Cl2N4O. The van der Waals surface area contributed by atoms with E-state index in [1.807, 2.05) is 11.0 Å². The van der Waals surface area contributed by atoms with Crippen molar-refractivity contribution in [1.82, 2.24) is 14.7 Å². The number of carbonyl (C=O) groups is 1. The minimum atomic E-state index is -0.00196. The molecule has 0 aromatic carbocycles. The van der Waals surface area contributed by atoms with E-state index in [-0.39, 0.29) is 42.2 Å². The van der Waals surface area contributed by atoms with Crippen LogP contribution in [0.2, 0.25) is 0 Å². The van der Waals surface area contributed by atoms with Crippen LogP contribution in [0.5, 0.6) is 0 Å². The molecule has 1 saturated heterocycles. The fourth-order valence-corrected chi connectivity index (χ4v) is 2.22. The van der Waals surface area contributed by atoms with E-state index in [0.29, 0.717) is 6.54 Å². The van der Waals surface area contributed by atoms with Crippen molar-refractivity contribution in [1.29, 1.82) is 0 Å². The molecule has 7 heteroatoms. The smallest absolute Gasteiger partial charge is 0.244 e. The second-order valence-electron chi connectivity index (χ2n) is 5.40. The van der Waals surface area contributed by atoms with Gasteiger partial charge >= 0.3 is 0 Å². The minimum absolute atomic E-state index is 0. The zero-order chi connectivity index (χ0) is 12.5. The highest BCUT2D eigenvalue weighted by atomic mass is 35.5. The summed E-state index contributed by atoms with van der Waals surface area (Å²) in [6.45, 7) is 6.04.